The first-order valence-electron chi connectivity index (χ1n) is 3.87. The number of hydrogen-bond acceptors (Lipinski definition) is 4. The summed E-state index contributed by atoms with van der Waals surface area (Å²) in [6, 6.07) is 0. The summed E-state index contributed by atoms with van der Waals surface area (Å²) in [6.45, 7) is 1.46. The van der Waals surface area contributed by atoms with Crippen LogP contribution in [0.5, 0.6) is 0 Å². The van der Waals surface area contributed by atoms with Gasteiger partial charge in [-0.3, -0.25) is 0 Å². The first-order valence-corrected chi connectivity index (χ1v) is 6.97. The monoisotopic (exact) mass is 305 g/mol. The number of rotatable bonds is 3. The molecule has 0 unspecified atom stereocenters. The highest BCUT2D eigenvalue weighted by Crippen LogP contribution is 2.12. The molecule has 1 rings (SSSR count). The molecule has 1 aliphatic rings. The van der Waals surface area contributed by atoms with E-state index in [-0.39, 0.29) is 3.76 Å². The Morgan fingerprint density at radius 2 is 1.83 bits per heavy atom. The lowest BCUT2D eigenvalue weighted by Crippen LogP contribution is -2.32. The van der Waals surface area contributed by atoms with E-state index in [1.807, 2.05) is 0 Å². The summed E-state index contributed by atoms with van der Waals surface area (Å²) in [6.07, 6.45) is 3.22. The third-order valence-electron chi connectivity index (χ3n) is 1.67. The van der Waals surface area contributed by atoms with E-state index in [2.05, 4.69) is 0 Å². The summed E-state index contributed by atoms with van der Waals surface area (Å²) in [5.41, 5.74) is 0. The van der Waals surface area contributed by atoms with Crippen LogP contribution >= 0.6 is 22.6 Å². The Hall–Kier alpha value is 0.600. The standard InChI is InChI=1S/C6H12INO3S/c7-6-12(9,10)11-8-4-2-1-3-5-8/h1-6H2. The maximum Gasteiger partial charge on any atom is 0.292 e. The normalized spacial score (nSPS) is 21.1. The van der Waals surface area contributed by atoms with Crippen molar-refractivity contribution in [2.75, 3.05) is 16.8 Å². The summed E-state index contributed by atoms with van der Waals surface area (Å²) in [5.74, 6) is 0. The largest absolute Gasteiger partial charge is 0.292 e. The van der Waals surface area contributed by atoms with Crippen LogP contribution in [0, 0.1) is 0 Å². The molecule has 0 aliphatic carbocycles. The zero-order valence-corrected chi connectivity index (χ0v) is 9.67. The number of halogens is 1. The predicted octanol–water partition coefficient (Wildman–Crippen LogP) is 1.13. The third-order valence-corrected chi connectivity index (χ3v) is 4.66. The van der Waals surface area contributed by atoms with Crippen molar-refractivity contribution >= 4 is 32.7 Å². The molecule has 0 aromatic carbocycles. The molecule has 0 atom stereocenters. The topological polar surface area (TPSA) is 46.6 Å². The minimum Gasteiger partial charge on any atom is -0.197 e. The van der Waals surface area contributed by atoms with Crippen LogP contribution in [-0.4, -0.2) is 30.3 Å². The summed E-state index contributed by atoms with van der Waals surface area (Å²) < 4.78 is 26.8. The van der Waals surface area contributed by atoms with Crippen molar-refractivity contribution in [2.45, 2.75) is 19.3 Å². The summed E-state index contributed by atoms with van der Waals surface area (Å²) >= 11 is 1.79. The van der Waals surface area contributed by atoms with Crippen LogP contribution < -0.4 is 0 Å². The molecule has 0 bridgehead atoms. The van der Waals surface area contributed by atoms with E-state index in [0.29, 0.717) is 0 Å². The van der Waals surface area contributed by atoms with Crippen LogP contribution in [0.2, 0.25) is 0 Å². The van der Waals surface area contributed by atoms with Gasteiger partial charge in [0.1, 0.15) is 3.76 Å². The van der Waals surface area contributed by atoms with Crippen molar-refractivity contribution in [1.82, 2.24) is 5.06 Å². The van der Waals surface area contributed by atoms with Crippen molar-refractivity contribution in [3.8, 4) is 0 Å². The van der Waals surface area contributed by atoms with Gasteiger partial charge in [-0.15, -0.1) is 0 Å². The first-order chi connectivity index (χ1) is 5.64. The van der Waals surface area contributed by atoms with Crippen molar-refractivity contribution in [1.29, 1.82) is 0 Å². The lowest BCUT2D eigenvalue weighted by atomic mass is 10.2. The highest BCUT2D eigenvalue weighted by Gasteiger charge is 2.17. The van der Waals surface area contributed by atoms with Gasteiger partial charge in [0.2, 0.25) is 0 Å². The van der Waals surface area contributed by atoms with E-state index in [9.17, 15) is 8.42 Å². The van der Waals surface area contributed by atoms with Gasteiger partial charge in [0.15, 0.2) is 0 Å². The number of alkyl halides is 1. The van der Waals surface area contributed by atoms with Gasteiger partial charge in [0.25, 0.3) is 10.1 Å². The lowest BCUT2D eigenvalue weighted by molar-refractivity contribution is -0.0646. The molecule has 0 saturated carbocycles. The smallest absolute Gasteiger partial charge is 0.197 e. The highest BCUT2D eigenvalue weighted by atomic mass is 127. The van der Waals surface area contributed by atoms with Gasteiger partial charge in [0.05, 0.1) is 0 Å². The van der Waals surface area contributed by atoms with Crippen LogP contribution in [-0.2, 0) is 14.4 Å². The Labute approximate surface area is 86.5 Å². The van der Waals surface area contributed by atoms with Gasteiger partial charge in [-0.05, 0) is 12.8 Å². The fourth-order valence-corrected chi connectivity index (χ4v) is 1.97. The van der Waals surface area contributed by atoms with Crippen LogP contribution in [0.15, 0.2) is 0 Å². The number of piperidine rings is 1. The van der Waals surface area contributed by atoms with Crippen LogP contribution in [0.25, 0.3) is 0 Å². The molecule has 72 valence electrons. The molecule has 0 N–H and O–H groups in total. The van der Waals surface area contributed by atoms with Gasteiger partial charge in [-0.1, -0.05) is 29.0 Å². The Bertz CT molecular complexity index is 223. The van der Waals surface area contributed by atoms with Crippen LogP contribution in [0.1, 0.15) is 19.3 Å². The van der Waals surface area contributed by atoms with Gasteiger partial charge in [-0.25, -0.2) is 0 Å². The molecule has 1 heterocycles. The molecular formula is C6H12INO3S. The summed E-state index contributed by atoms with van der Waals surface area (Å²) in [4.78, 5) is 0. The zero-order chi connectivity index (χ0) is 9.03. The van der Waals surface area contributed by atoms with E-state index < -0.39 is 10.1 Å². The molecule has 1 fully saturated rings. The number of nitrogens with zero attached hydrogens (tertiary/aromatic N) is 1. The average Bonchev–Trinajstić information content (AvgIpc) is 2.06. The molecule has 0 amide bonds. The van der Waals surface area contributed by atoms with Crippen LogP contribution in [0.3, 0.4) is 0 Å². The van der Waals surface area contributed by atoms with E-state index in [1.165, 1.54) is 11.5 Å². The second-order valence-electron chi connectivity index (χ2n) is 2.73. The van der Waals surface area contributed by atoms with Gasteiger partial charge < -0.3 is 0 Å². The second kappa shape index (κ2) is 4.73. The van der Waals surface area contributed by atoms with E-state index in [4.69, 9.17) is 4.28 Å². The Kier molecular flexibility index (Phi) is 4.21. The van der Waals surface area contributed by atoms with E-state index in [1.54, 1.807) is 22.6 Å². The van der Waals surface area contributed by atoms with Crippen molar-refractivity contribution in [3.63, 3.8) is 0 Å². The number of hydrogen-bond donors (Lipinski definition) is 0. The fourth-order valence-electron chi connectivity index (χ4n) is 1.12. The van der Waals surface area contributed by atoms with E-state index >= 15 is 0 Å². The Morgan fingerprint density at radius 3 is 2.33 bits per heavy atom. The summed E-state index contributed by atoms with van der Waals surface area (Å²) in [5, 5.41) is 1.54. The molecule has 1 saturated heterocycles. The molecule has 4 nitrogen and oxygen atoms in total. The lowest BCUT2D eigenvalue weighted by Gasteiger charge is -2.23. The fraction of sp³-hybridized carbons (Fsp3) is 1.00. The molecule has 6 heteroatoms. The molecule has 0 spiro atoms. The Balaban J connectivity index is 2.39. The highest BCUT2D eigenvalue weighted by molar-refractivity contribution is 14.1. The van der Waals surface area contributed by atoms with Crippen molar-refractivity contribution in [2.24, 2.45) is 0 Å². The van der Waals surface area contributed by atoms with Crippen LogP contribution in [0.4, 0.5) is 0 Å². The Morgan fingerprint density at radius 1 is 1.25 bits per heavy atom. The van der Waals surface area contributed by atoms with Gasteiger partial charge >= 0.3 is 0 Å². The van der Waals surface area contributed by atoms with Gasteiger partial charge in [-0.2, -0.15) is 17.8 Å². The minimum atomic E-state index is -3.31. The molecular weight excluding hydrogens is 293 g/mol. The maximum absolute atomic E-state index is 11.0. The molecule has 1 aliphatic heterocycles. The van der Waals surface area contributed by atoms with Gasteiger partial charge in [0, 0.05) is 13.1 Å². The van der Waals surface area contributed by atoms with Crippen molar-refractivity contribution in [3.05, 3.63) is 0 Å². The maximum atomic E-state index is 11.0. The molecule has 0 radical (unpaired) electrons. The quantitative estimate of drug-likeness (QED) is 0.579. The third kappa shape index (κ3) is 3.55. The first kappa shape index (κ1) is 10.7. The average molecular weight is 305 g/mol. The molecule has 0 aromatic heterocycles. The SMILES string of the molecule is O=S(=O)(CI)ON1CCCCC1. The second-order valence-corrected chi connectivity index (χ2v) is 6.08. The predicted molar refractivity (Wildman–Crippen MR) is 54.3 cm³/mol. The van der Waals surface area contributed by atoms with Crippen molar-refractivity contribution < 1.29 is 12.7 Å². The zero-order valence-electron chi connectivity index (χ0n) is 6.70. The minimum absolute atomic E-state index is 0.0151. The molecule has 0 aromatic rings. The number of hydroxylamine groups is 2. The molecule has 12 heavy (non-hydrogen) atoms. The summed E-state index contributed by atoms with van der Waals surface area (Å²) in [7, 11) is -3.31. The van der Waals surface area contributed by atoms with E-state index in [0.717, 1.165) is 25.9 Å².